The number of halogens is 3. The minimum atomic E-state index is -4.49. The smallest absolute Gasteiger partial charge is 0.345 e. The summed E-state index contributed by atoms with van der Waals surface area (Å²) in [6.07, 6.45) is -4.49. The van der Waals surface area contributed by atoms with Crippen LogP contribution in [0.2, 0.25) is 0 Å². The minimum absolute atomic E-state index is 0.340. The van der Waals surface area contributed by atoms with Crippen molar-refractivity contribution in [1.82, 2.24) is 10.6 Å². The van der Waals surface area contributed by atoms with Gasteiger partial charge in [-0.05, 0) is 18.1 Å². The lowest BCUT2D eigenvalue weighted by atomic mass is 10.0. The quantitative estimate of drug-likeness (QED) is 0.875. The molecule has 2 amide bonds. The normalized spacial score (nSPS) is 12.9. The Labute approximate surface area is 120 Å². The van der Waals surface area contributed by atoms with Gasteiger partial charge in [0, 0.05) is 5.56 Å². The summed E-state index contributed by atoms with van der Waals surface area (Å²) in [5, 5.41) is 4.23. The van der Waals surface area contributed by atoms with Gasteiger partial charge in [-0.2, -0.15) is 13.2 Å². The summed E-state index contributed by atoms with van der Waals surface area (Å²) in [5.74, 6) is -1.70. The Bertz CT molecular complexity index is 487. The van der Waals surface area contributed by atoms with Crippen LogP contribution < -0.4 is 10.6 Å². The van der Waals surface area contributed by atoms with Crippen molar-refractivity contribution in [2.45, 2.75) is 26.1 Å². The molecule has 116 valence electrons. The zero-order chi connectivity index (χ0) is 16.0. The zero-order valence-corrected chi connectivity index (χ0v) is 11.7. The second-order valence-electron chi connectivity index (χ2n) is 4.89. The molecule has 4 nitrogen and oxygen atoms in total. The molecule has 0 saturated carbocycles. The maximum absolute atomic E-state index is 12.1. The number of carbonyl (C=O) groups is 2. The van der Waals surface area contributed by atoms with Crippen molar-refractivity contribution in [3.63, 3.8) is 0 Å². The van der Waals surface area contributed by atoms with Gasteiger partial charge in [0.1, 0.15) is 12.6 Å². The van der Waals surface area contributed by atoms with Gasteiger partial charge >= 0.3 is 6.18 Å². The van der Waals surface area contributed by atoms with Crippen LogP contribution in [0.15, 0.2) is 30.3 Å². The molecule has 0 aliphatic carbocycles. The summed E-state index contributed by atoms with van der Waals surface area (Å²) in [6.45, 7) is 1.86. The Hall–Kier alpha value is -2.05. The van der Waals surface area contributed by atoms with Crippen LogP contribution in [-0.4, -0.2) is 30.6 Å². The van der Waals surface area contributed by atoms with Crippen molar-refractivity contribution in [1.29, 1.82) is 0 Å². The van der Waals surface area contributed by atoms with Crippen LogP contribution >= 0.6 is 0 Å². The lowest BCUT2D eigenvalue weighted by Crippen LogP contribution is -2.51. The molecule has 1 atom stereocenters. The first-order valence-corrected chi connectivity index (χ1v) is 6.41. The van der Waals surface area contributed by atoms with E-state index in [0.29, 0.717) is 5.56 Å². The summed E-state index contributed by atoms with van der Waals surface area (Å²) in [4.78, 5) is 23.7. The maximum atomic E-state index is 12.1. The number of benzene rings is 1. The molecule has 7 heteroatoms. The highest BCUT2D eigenvalue weighted by atomic mass is 19.4. The molecule has 1 aromatic rings. The number of hydrogen-bond donors (Lipinski definition) is 2. The number of carbonyl (C=O) groups excluding carboxylic acids is 2. The van der Waals surface area contributed by atoms with E-state index in [1.165, 1.54) is 0 Å². The van der Waals surface area contributed by atoms with Gasteiger partial charge in [0.25, 0.3) is 5.91 Å². The van der Waals surface area contributed by atoms with E-state index in [-0.39, 0.29) is 5.92 Å². The van der Waals surface area contributed by atoms with Crippen LogP contribution in [0.5, 0.6) is 0 Å². The van der Waals surface area contributed by atoms with Crippen molar-refractivity contribution in [3.8, 4) is 0 Å². The standard InChI is InChI=1S/C14H17F3N2O2/c1-9(2)11(13(21)18-8-14(15,16)17)19-12(20)10-6-4-3-5-7-10/h3-7,9,11H,8H2,1-2H3,(H,18,21)(H,19,20). The molecule has 0 aliphatic rings. The molecule has 2 N–H and O–H groups in total. The van der Waals surface area contributed by atoms with Crippen LogP contribution in [0, 0.1) is 5.92 Å². The molecule has 0 heterocycles. The van der Waals surface area contributed by atoms with Crippen LogP contribution in [-0.2, 0) is 4.79 Å². The third-order valence-corrected chi connectivity index (χ3v) is 2.73. The Balaban J connectivity index is 2.70. The fourth-order valence-corrected chi connectivity index (χ4v) is 1.65. The first kappa shape index (κ1) is 17.0. The summed E-state index contributed by atoms with van der Waals surface area (Å²) in [5.41, 5.74) is 0.340. The molecule has 1 aromatic carbocycles. The molecule has 0 saturated heterocycles. The largest absolute Gasteiger partial charge is 0.405 e. The van der Waals surface area contributed by atoms with E-state index >= 15 is 0 Å². The lowest BCUT2D eigenvalue weighted by Gasteiger charge is -2.22. The topological polar surface area (TPSA) is 58.2 Å². The van der Waals surface area contributed by atoms with Crippen molar-refractivity contribution in [3.05, 3.63) is 35.9 Å². The van der Waals surface area contributed by atoms with E-state index in [2.05, 4.69) is 5.32 Å². The van der Waals surface area contributed by atoms with Gasteiger partial charge in [0.15, 0.2) is 0 Å². The predicted molar refractivity (Wildman–Crippen MR) is 71.6 cm³/mol. The number of hydrogen-bond acceptors (Lipinski definition) is 2. The average Bonchev–Trinajstić information content (AvgIpc) is 2.41. The van der Waals surface area contributed by atoms with E-state index in [4.69, 9.17) is 0 Å². The van der Waals surface area contributed by atoms with Crippen molar-refractivity contribution < 1.29 is 22.8 Å². The maximum Gasteiger partial charge on any atom is 0.405 e. The molecule has 21 heavy (non-hydrogen) atoms. The van der Waals surface area contributed by atoms with Gasteiger partial charge in [-0.25, -0.2) is 0 Å². The van der Waals surface area contributed by atoms with Gasteiger partial charge in [0.2, 0.25) is 5.91 Å². The van der Waals surface area contributed by atoms with Crippen LogP contribution in [0.1, 0.15) is 24.2 Å². The van der Waals surface area contributed by atoms with Gasteiger partial charge in [-0.3, -0.25) is 9.59 Å². The van der Waals surface area contributed by atoms with E-state index in [1.807, 2.05) is 0 Å². The summed E-state index contributed by atoms with van der Waals surface area (Å²) in [6, 6.07) is 7.12. The number of nitrogens with one attached hydrogen (secondary N) is 2. The molecule has 0 aromatic heterocycles. The van der Waals surface area contributed by atoms with Crippen LogP contribution in [0.4, 0.5) is 13.2 Å². The summed E-state index contributed by atoms with van der Waals surface area (Å²) < 4.78 is 36.3. The lowest BCUT2D eigenvalue weighted by molar-refractivity contribution is -0.140. The first-order chi connectivity index (χ1) is 9.70. The Kier molecular flexibility index (Phi) is 5.75. The van der Waals surface area contributed by atoms with Gasteiger partial charge in [-0.1, -0.05) is 32.0 Å². The Morgan fingerprint density at radius 3 is 2.19 bits per heavy atom. The van der Waals surface area contributed by atoms with E-state index in [9.17, 15) is 22.8 Å². The van der Waals surface area contributed by atoms with E-state index in [1.54, 1.807) is 49.5 Å². The molecular weight excluding hydrogens is 285 g/mol. The molecule has 0 bridgehead atoms. The fraction of sp³-hybridized carbons (Fsp3) is 0.429. The third-order valence-electron chi connectivity index (χ3n) is 2.73. The zero-order valence-electron chi connectivity index (χ0n) is 11.7. The molecule has 1 rings (SSSR count). The third kappa shape index (κ3) is 5.85. The van der Waals surface area contributed by atoms with Crippen molar-refractivity contribution in [2.24, 2.45) is 5.92 Å². The van der Waals surface area contributed by atoms with Gasteiger partial charge in [-0.15, -0.1) is 0 Å². The van der Waals surface area contributed by atoms with E-state index in [0.717, 1.165) is 0 Å². The SMILES string of the molecule is CC(C)C(NC(=O)c1ccccc1)C(=O)NCC(F)(F)F. The molecule has 1 unspecified atom stereocenters. The number of amides is 2. The number of rotatable bonds is 5. The monoisotopic (exact) mass is 302 g/mol. The highest BCUT2D eigenvalue weighted by molar-refractivity contribution is 5.97. The van der Waals surface area contributed by atoms with Gasteiger partial charge in [0.05, 0.1) is 0 Å². The highest BCUT2D eigenvalue weighted by Crippen LogP contribution is 2.13. The second-order valence-corrected chi connectivity index (χ2v) is 4.89. The molecule has 0 aliphatic heterocycles. The molecule has 0 spiro atoms. The second kappa shape index (κ2) is 7.10. The Morgan fingerprint density at radius 1 is 1.14 bits per heavy atom. The summed E-state index contributed by atoms with van der Waals surface area (Å²) in [7, 11) is 0. The highest BCUT2D eigenvalue weighted by Gasteiger charge is 2.31. The molecule has 0 radical (unpaired) electrons. The minimum Gasteiger partial charge on any atom is -0.345 e. The Morgan fingerprint density at radius 2 is 1.71 bits per heavy atom. The van der Waals surface area contributed by atoms with E-state index < -0.39 is 30.6 Å². The van der Waals surface area contributed by atoms with Crippen molar-refractivity contribution in [2.75, 3.05) is 6.54 Å². The molecular formula is C14H17F3N2O2. The van der Waals surface area contributed by atoms with Crippen LogP contribution in [0.3, 0.4) is 0 Å². The fourth-order valence-electron chi connectivity index (χ4n) is 1.65. The number of alkyl halides is 3. The van der Waals surface area contributed by atoms with Crippen molar-refractivity contribution >= 4 is 11.8 Å². The molecule has 0 fully saturated rings. The average molecular weight is 302 g/mol. The summed E-state index contributed by atoms with van der Waals surface area (Å²) >= 11 is 0. The first-order valence-electron chi connectivity index (χ1n) is 6.41. The predicted octanol–water partition coefficient (Wildman–Crippen LogP) is 2.12. The van der Waals surface area contributed by atoms with Crippen LogP contribution in [0.25, 0.3) is 0 Å². The van der Waals surface area contributed by atoms with Gasteiger partial charge < -0.3 is 10.6 Å².